The van der Waals surface area contributed by atoms with E-state index in [1.54, 1.807) is 32.9 Å². The summed E-state index contributed by atoms with van der Waals surface area (Å²) in [6, 6.07) is 17.6. The number of halogens is 2. The average Bonchev–Trinajstić information content (AvgIpc) is 3.28. The predicted molar refractivity (Wildman–Crippen MR) is 138 cm³/mol. The van der Waals surface area contributed by atoms with Crippen LogP contribution in [-0.4, -0.2) is 30.4 Å². The van der Waals surface area contributed by atoms with Gasteiger partial charge in [-0.3, -0.25) is 4.79 Å². The Hall–Kier alpha value is -4.53. The van der Waals surface area contributed by atoms with E-state index in [0.717, 1.165) is 39.8 Å². The number of carbonyl (C=O) groups excluding carboxylic acids is 2. The van der Waals surface area contributed by atoms with E-state index in [-0.39, 0.29) is 41.8 Å². The van der Waals surface area contributed by atoms with Crippen molar-refractivity contribution in [3.8, 4) is 22.5 Å². The number of hydrogen-bond donors (Lipinski definition) is 0. The zero-order valence-electron chi connectivity index (χ0n) is 21.2. The quantitative estimate of drug-likeness (QED) is 0.233. The first kappa shape index (κ1) is 26.5. The van der Waals surface area contributed by atoms with Crippen LogP contribution in [0.2, 0.25) is 0 Å². The first-order chi connectivity index (χ1) is 18.3. The first-order valence-corrected chi connectivity index (χ1v) is 12.1. The van der Waals surface area contributed by atoms with Crippen molar-refractivity contribution in [1.82, 2.24) is 5.16 Å². The maximum Gasteiger partial charge on any atom is 0.419 e. The zero-order chi connectivity index (χ0) is 27.2. The Bertz CT molecular complexity index is 1430. The maximum absolute atomic E-state index is 14.8. The van der Waals surface area contributed by atoms with E-state index in [1.165, 1.54) is 0 Å². The number of ether oxygens (including phenoxy) is 2. The molecule has 38 heavy (non-hydrogen) atoms. The number of benzene rings is 3. The summed E-state index contributed by atoms with van der Waals surface area (Å²) in [5.41, 5.74) is 3.34. The summed E-state index contributed by atoms with van der Waals surface area (Å²) in [6.07, 6.45) is -0.701. The second-order valence-corrected chi connectivity index (χ2v) is 8.33. The van der Waals surface area contributed by atoms with Crippen molar-refractivity contribution in [2.75, 3.05) is 18.1 Å². The van der Waals surface area contributed by atoms with Crippen LogP contribution >= 0.6 is 0 Å². The highest BCUT2D eigenvalue weighted by molar-refractivity contribution is 6.00. The van der Waals surface area contributed by atoms with Crippen molar-refractivity contribution < 1.29 is 32.4 Å². The summed E-state index contributed by atoms with van der Waals surface area (Å²) in [7, 11) is 0. The summed E-state index contributed by atoms with van der Waals surface area (Å²) in [5.74, 6) is -1.62. The van der Waals surface area contributed by atoms with Crippen molar-refractivity contribution in [1.29, 1.82) is 0 Å². The molecule has 0 N–H and O–H groups in total. The zero-order valence-corrected chi connectivity index (χ0v) is 21.2. The summed E-state index contributed by atoms with van der Waals surface area (Å²) >= 11 is 0. The minimum atomic E-state index is -0.899. The number of anilines is 2. The van der Waals surface area contributed by atoms with Gasteiger partial charge in [-0.15, -0.1) is 0 Å². The smallest absolute Gasteiger partial charge is 0.419 e. The summed E-state index contributed by atoms with van der Waals surface area (Å²) in [5, 5.41) is 3.98. The Morgan fingerprint density at radius 1 is 0.868 bits per heavy atom. The number of rotatable bonds is 8. The fraction of sp³-hybridized carbons (Fsp3) is 0.207. The van der Waals surface area contributed by atoms with Gasteiger partial charge < -0.3 is 14.0 Å². The Labute approximate surface area is 218 Å². The molecule has 4 aromatic rings. The van der Waals surface area contributed by atoms with Crippen LogP contribution in [-0.2, 0) is 20.7 Å². The van der Waals surface area contributed by atoms with Crippen molar-refractivity contribution >= 4 is 23.4 Å². The lowest BCUT2D eigenvalue weighted by molar-refractivity contribution is -0.142. The van der Waals surface area contributed by atoms with E-state index in [0.29, 0.717) is 12.2 Å². The van der Waals surface area contributed by atoms with E-state index >= 15 is 0 Å². The van der Waals surface area contributed by atoms with Gasteiger partial charge in [0.15, 0.2) is 5.76 Å². The van der Waals surface area contributed by atoms with E-state index in [2.05, 4.69) is 5.16 Å². The Balaban J connectivity index is 1.67. The standard InChI is InChI=1S/C29H26F2N2O5/c1-4-36-26(34)16-19-6-8-20(9-7-19)21-10-12-22(13-11-21)28-27(18(3)32-38-28)33(29(35)37-5-2)25-17-23(30)14-15-24(25)31/h6-15,17H,4-5,16H2,1-3H3. The third kappa shape index (κ3) is 5.72. The van der Waals surface area contributed by atoms with Crippen LogP contribution in [0.4, 0.5) is 25.0 Å². The molecular formula is C29H26F2N2O5. The Kier molecular flexibility index (Phi) is 8.15. The fourth-order valence-electron chi connectivity index (χ4n) is 3.98. The monoisotopic (exact) mass is 520 g/mol. The SMILES string of the molecule is CCOC(=O)Cc1ccc(-c2ccc(-c3onc(C)c3N(C(=O)OCC)c3cc(F)ccc3F)cc2)cc1. The van der Waals surface area contributed by atoms with Gasteiger partial charge in [0.2, 0.25) is 0 Å². The topological polar surface area (TPSA) is 81.9 Å². The van der Waals surface area contributed by atoms with Gasteiger partial charge in [-0.25, -0.2) is 18.5 Å². The van der Waals surface area contributed by atoms with E-state index < -0.39 is 17.7 Å². The summed E-state index contributed by atoms with van der Waals surface area (Å²) in [4.78, 5) is 25.6. The minimum absolute atomic E-state index is 0.0270. The van der Waals surface area contributed by atoms with Gasteiger partial charge in [0.05, 0.1) is 25.3 Å². The molecule has 1 amide bonds. The van der Waals surface area contributed by atoms with Crippen molar-refractivity contribution in [2.24, 2.45) is 0 Å². The molecule has 0 atom stereocenters. The van der Waals surface area contributed by atoms with Crippen molar-refractivity contribution in [3.05, 3.63) is 89.6 Å². The highest BCUT2D eigenvalue weighted by Gasteiger charge is 2.31. The molecular weight excluding hydrogens is 494 g/mol. The lowest BCUT2D eigenvalue weighted by Gasteiger charge is -2.22. The van der Waals surface area contributed by atoms with Crippen molar-refractivity contribution in [3.63, 3.8) is 0 Å². The molecule has 0 aliphatic carbocycles. The highest BCUT2D eigenvalue weighted by atomic mass is 19.1. The first-order valence-electron chi connectivity index (χ1n) is 12.1. The third-order valence-electron chi connectivity index (χ3n) is 5.74. The molecule has 0 radical (unpaired) electrons. The second kappa shape index (κ2) is 11.7. The predicted octanol–water partition coefficient (Wildman–Crippen LogP) is 7.00. The van der Waals surface area contributed by atoms with Gasteiger partial charge in [-0.05, 0) is 49.6 Å². The fourth-order valence-corrected chi connectivity index (χ4v) is 3.98. The number of aryl methyl sites for hydroxylation is 1. The molecule has 0 saturated heterocycles. The Morgan fingerprint density at radius 3 is 2.11 bits per heavy atom. The third-order valence-corrected chi connectivity index (χ3v) is 5.74. The van der Waals surface area contributed by atoms with Crippen LogP contribution in [0.5, 0.6) is 0 Å². The molecule has 0 saturated carbocycles. The average molecular weight is 521 g/mol. The van der Waals surface area contributed by atoms with Crippen LogP contribution in [0.3, 0.4) is 0 Å². The normalized spacial score (nSPS) is 10.8. The van der Waals surface area contributed by atoms with Crippen LogP contribution in [0.15, 0.2) is 71.3 Å². The van der Waals surface area contributed by atoms with Gasteiger partial charge >= 0.3 is 12.1 Å². The molecule has 0 aliphatic heterocycles. The number of nitrogens with zero attached hydrogens (tertiary/aromatic N) is 2. The minimum Gasteiger partial charge on any atom is -0.466 e. The van der Waals surface area contributed by atoms with Crippen LogP contribution in [0.1, 0.15) is 25.1 Å². The van der Waals surface area contributed by atoms with Crippen LogP contribution in [0, 0.1) is 18.6 Å². The van der Waals surface area contributed by atoms with Gasteiger partial charge in [-0.2, -0.15) is 0 Å². The molecule has 0 fully saturated rings. The molecule has 1 heterocycles. The van der Waals surface area contributed by atoms with E-state index in [9.17, 15) is 18.4 Å². The van der Waals surface area contributed by atoms with Gasteiger partial charge in [0, 0.05) is 11.6 Å². The molecule has 4 rings (SSSR count). The van der Waals surface area contributed by atoms with E-state index in [1.807, 2.05) is 36.4 Å². The van der Waals surface area contributed by atoms with Gasteiger partial charge in [0.1, 0.15) is 23.0 Å². The van der Waals surface area contributed by atoms with Crippen LogP contribution in [0.25, 0.3) is 22.5 Å². The molecule has 0 aliphatic rings. The Morgan fingerprint density at radius 2 is 1.47 bits per heavy atom. The van der Waals surface area contributed by atoms with Crippen molar-refractivity contribution in [2.45, 2.75) is 27.2 Å². The molecule has 0 unspecified atom stereocenters. The summed E-state index contributed by atoms with van der Waals surface area (Å²) < 4.78 is 44.5. The lowest BCUT2D eigenvalue weighted by atomic mass is 10.0. The number of hydrogen-bond acceptors (Lipinski definition) is 6. The van der Waals surface area contributed by atoms with Crippen LogP contribution < -0.4 is 4.90 Å². The maximum atomic E-state index is 14.8. The number of carbonyl (C=O) groups is 2. The number of aromatic nitrogens is 1. The molecule has 1 aromatic heterocycles. The summed E-state index contributed by atoms with van der Waals surface area (Å²) in [6.45, 7) is 5.34. The molecule has 9 heteroatoms. The lowest BCUT2D eigenvalue weighted by Crippen LogP contribution is -2.28. The molecule has 196 valence electrons. The number of esters is 1. The number of amides is 1. The van der Waals surface area contributed by atoms with Gasteiger partial charge in [-0.1, -0.05) is 53.7 Å². The molecule has 0 spiro atoms. The highest BCUT2D eigenvalue weighted by Crippen LogP contribution is 2.40. The largest absolute Gasteiger partial charge is 0.466 e. The van der Waals surface area contributed by atoms with Gasteiger partial charge in [0.25, 0.3) is 0 Å². The molecule has 3 aromatic carbocycles. The molecule has 7 nitrogen and oxygen atoms in total. The molecule has 0 bridgehead atoms. The second-order valence-electron chi connectivity index (χ2n) is 8.33. The van der Waals surface area contributed by atoms with E-state index in [4.69, 9.17) is 14.0 Å².